The minimum absolute atomic E-state index is 0. The first kappa shape index (κ1) is 18.3. The summed E-state index contributed by atoms with van der Waals surface area (Å²) in [5.41, 5.74) is 0. The molecule has 0 aromatic carbocycles. The molecule has 3 saturated heterocycles. The molecule has 0 saturated carbocycles. The van der Waals surface area contributed by atoms with Crippen LogP contribution in [0.1, 0.15) is 45.4 Å². The number of guanidine groups is 1. The van der Waals surface area contributed by atoms with Crippen molar-refractivity contribution in [1.29, 1.82) is 0 Å². The summed E-state index contributed by atoms with van der Waals surface area (Å²) in [5, 5.41) is 7.10. The second-order valence-corrected chi connectivity index (χ2v) is 6.59. The van der Waals surface area contributed by atoms with Gasteiger partial charge >= 0.3 is 0 Å². The fourth-order valence-corrected chi connectivity index (χ4v) is 4.08. The highest BCUT2D eigenvalue weighted by molar-refractivity contribution is 14.0. The number of nitrogens with zero attached hydrogens (tertiary/aromatic N) is 2. The van der Waals surface area contributed by atoms with E-state index in [0.29, 0.717) is 24.3 Å². The number of fused-ring (bicyclic) bond motifs is 2. The summed E-state index contributed by atoms with van der Waals surface area (Å²) in [7, 11) is 1.86. The third-order valence-corrected chi connectivity index (χ3v) is 5.31. The number of rotatable bonds is 4. The first-order valence-corrected chi connectivity index (χ1v) is 8.67. The molecule has 6 heteroatoms. The van der Waals surface area contributed by atoms with Crippen molar-refractivity contribution in [3.63, 3.8) is 0 Å². The Hall–Kier alpha value is -0.0800. The maximum atomic E-state index is 5.91. The van der Waals surface area contributed by atoms with Gasteiger partial charge in [0.1, 0.15) is 0 Å². The lowest BCUT2D eigenvalue weighted by molar-refractivity contribution is 0.0991. The molecule has 0 aromatic rings. The highest BCUT2D eigenvalue weighted by Crippen LogP contribution is 2.34. The highest BCUT2D eigenvalue weighted by atomic mass is 127. The summed E-state index contributed by atoms with van der Waals surface area (Å²) in [6, 6.07) is 1.10. The molecular formula is C16H31IN4O. The topological polar surface area (TPSA) is 48.9 Å². The molecule has 3 heterocycles. The third kappa shape index (κ3) is 4.26. The van der Waals surface area contributed by atoms with Gasteiger partial charge in [-0.2, -0.15) is 0 Å². The van der Waals surface area contributed by atoms with Crippen LogP contribution in [0.4, 0.5) is 0 Å². The van der Waals surface area contributed by atoms with Crippen LogP contribution in [0.3, 0.4) is 0 Å². The Bertz CT molecular complexity index is 379. The quantitative estimate of drug-likeness (QED) is 0.413. The fraction of sp³-hybridized carbons (Fsp3) is 0.938. The first-order valence-electron chi connectivity index (χ1n) is 8.67. The Labute approximate surface area is 151 Å². The van der Waals surface area contributed by atoms with Crippen LogP contribution in [-0.2, 0) is 4.74 Å². The van der Waals surface area contributed by atoms with Gasteiger partial charge in [0.15, 0.2) is 5.96 Å². The molecule has 0 amide bonds. The van der Waals surface area contributed by atoms with Crippen molar-refractivity contribution < 1.29 is 4.74 Å². The number of hydrogen-bond donors (Lipinski definition) is 2. The molecular weight excluding hydrogens is 391 g/mol. The molecule has 128 valence electrons. The van der Waals surface area contributed by atoms with Crippen molar-refractivity contribution in [2.75, 3.05) is 26.7 Å². The van der Waals surface area contributed by atoms with E-state index in [1.807, 2.05) is 7.05 Å². The predicted molar refractivity (Wildman–Crippen MR) is 101 cm³/mol. The molecule has 3 aliphatic heterocycles. The monoisotopic (exact) mass is 422 g/mol. The van der Waals surface area contributed by atoms with E-state index in [1.165, 1.54) is 38.6 Å². The van der Waals surface area contributed by atoms with Gasteiger partial charge in [-0.25, -0.2) is 0 Å². The summed E-state index contributed by atoms with van der Waals surface area (Å²) >= 11 is 0. The van der Waals surface area contributed by atoms with Gasteiger partial charge in [0, 0.05) is 19.6 Å². The molecule has 0 spiro atoms. The van der Waals surface area contributed by atoms with E-state index in [4.69, 9.17) is 4.74 Å². The van der Waals surface area contributed by atoms with Crippen LogP contribution in [0, 0.1) is 0 Å². The normalized spacial score (nSPS) is 35.3. The molecule has 2 N–H and O–H groups in total. The lowest BCUT2D eigenvalue weighted by Crippen LogP contribution is -2.52. The zero-order chi connectivity index (χ0) is 14.7. The molecule has 0 aromatic heterocycles. The maximum Gasteiger partial charge on any atom is 0.191 e. The smallest absolute Gasteiger partial charge is 0.191 e. The fourth-order valence-electron chi connectivity index (χ4n) is 4.08. The van der Waals surface area contributed by atoms with Crippen LogP contribution in [0.15, 0.2) is 4.99 Å². The standard InChI is InChI=1S/C16H30N4O.HI/c1-3-20-9-5-4-6-12(20)11-18-16(17-2)19-14-10-13-7-8-15(14)21-13;/h12-15H,3-11H2,1-2H3,(H2,17,18,19);1H. The van der Waals surface area contributed by atoms with Crippen molar-refractivity contribution >= 4 is 29.9 Å². The van der Waals surface area contributed by atoms with Crippen LogP contribution in [0.5, 0.6) is 0 Å². The van der Waals surface area contributed by atoms with E-state index in [1.54, 1.807) is 0 Å². The van der Waals surface area contributed by atoms with Crippen LogP contribution < -0.4 is 10.6 Å². The molecule has 2 bridgehead atoms. The van der Waals surface area contributed by atoms with E-state index >= 15 is 0 Å². The number of likely N-dealkylation sites (N-methyl/N-ethyl adjacent to an activating group) is 1. The molecule has 4 unspecified atom stereocenters. The Morgan fingerprint density at radius 3 is 2.77 bits per heavy atom. The Balaban J connectivity index is 0.00000176. The largest absolute Gasteiger partial charge is 0.373 e. The van der Waals surface area contributed by atoms with Gasteiger partial charge in [0.25, 0.3) is 0 Å². The minimum atomic E-state index is 0. The molecule has 4 atom stereocenters. The number of likely N-dealkylation sites (tertiary alicyclic amines) is 1. The Morgan fingerprint density at radius 1 is 1.27 bits per heavy atom. The van der Waals surface area contributed by atoms with Crippen molar-refractivity contribution in [1.82, 2.24) is 15.5 Å². The number of aliphatic imine (C=N–C) groups is 1. The summed E-state index contributed by atoms with van der Waals surface area (Å²) < 4.78 is 5.91. The molecule has 0 aliphatic carbocycles. The summed E-state index contributed by atoms with van der Waals surface area (Å²) in [6.07, 6.45) is 8.46. The summed E-state index contributed by atoms with van der Waals surface area (Å²) in [4.78, 5) is 6.98. The van der Waals surface area contributed by atoms with Crippen molar-refractivity contribution in [2.24, 2.45) is 4.99 Å². The molecule has 22 heavy (non-hydrogen) atoms. The average molecular weight is 422 g/mol. The van der Waals surface area contributed by atoms with Gasteiger partial charge in [-0.3, -0.25) is 9.89 Å². The van der Waals surface area contributed by atoms with Crippen molar-refractivity contribution in [2.45, 2.75) is 69.7 Å². The SMILES string of the molecule is CCN1CCCCC1CNC(=NC)NC1CC2CCC1O2.I. The van der Waals surface area contributed by atoms with Gasteiger partial charge in [-0.1, -0.05) is 13.3 Å². The van der Waals surface area contributed by atoms with E-state index in [0.717, 1.165) is 25.5 Å². The molecule has 3 fully saturated rings. The number of nitrogens with one attached hydrogen (secondary N) is 2. The van der Waals surface area contributed by atoms with Crippen molar-refractivity contribution in [3.05, 3.63) is 0 Å². The van der Waals surface area contributed by atoms with Gasteiger partial charge < -0.3 is 15.4 Å². The number of piperidine rings is 1. The summed E-state index contributed by atoms with van der Waals surface area (Å²) in [5.74, 6) is 0.942. The van der Waals surface area contributed by atoms with E-state index in [-0.39, 0.29) is 24.0 Å². The first-order chi connectivity index (χ1) is 10.3. The number of ether oxygens (including phenoxy) is 1. The number of halogens is 1. The second-order valence-electron chi connectivity index (χ2n) is 6.59. The lowest BCUT2D eigenvalue weighted by Gasteiger charge is -2.35. The van der Waals surface area contributed by atoms with Gasteiger partial charge in [0.2, 0.25) is 0 Å². The van der Waals surface area contributed by atoms with Crippen LogP contribution in [-0.4, -0.2) is 61.8 Å². The van der Waals surface area contributed by atoms with Crippen LogP contribution in [0.25, 0.3) is 0 Å². The summed E-state index contributed by atoms with van der Waals surface area (Å²) in [6.45, 7) is 5.65. The maximum absolute atomic E-state index is 5.91. The Kier molecular flexibility index (Phi) is 7.21. The second kappa shape index (κ2) is 8.68. The lowest BCUT2D eigenvalue weighted by atomic mass is 9.96. The zero-order valence-electron chi connectivity index (χ0n) is 13.9. The van der Waals surface area contributed by atoms with E-state index in [9.17, 15) is 0 Å². The van der Waals surface area contributed by atoms with Crippen LogP contribution >= 0.6 is 24.0 Å². The molecule has 5 nitrogen and oxygen atoms in total. The highest BCUT2D eigenvalue weighted by Gasteiger charge is 2.41. The van der Waals surface area contributed by atoms with Gasteiger partial charge in [0.05, 0.1) is 18.2 Å². The zero-order valence-corrected chi connectivity index (χ0v) is 16.2. The van der Waals surface area contributed by atoms with Gasteiger partial charge in [-0.15, -0.1) is 24.0 Å². The minimum Gasteiger partial charge on any atom is -0.373 e. The predicted octanol–water partition coefficient (Wildman–Crippen LogP) is 1.96. The Morgan fingerprint density at radius 2 is 2.14 bits per heavy atom. The molecule has 3 rings (SSSR count). The van der Waals surface area contributed by atoms with Crippen LogP contribution in [0.2, 0.25) is 0 Å². The number of hydrogen-bond acceptors (Lipinski definition) is 3. The molecule has 0 radical (unpaired) electrons. The third-order valence-electron chi connectivity index (χ3n) is 5.31. The van der Waals surface area contributed by atoms with Gasteiger partial charge in [-0.05, 0) is 45.2 Å². The van der Waals surface area contributed by atoms with Crippen molar-refractivity contribution in [3.8, 4) is 0 Å². The molecule has 3 aliphatic rings. The average Bonchev–Trinajstić information content (AvgIpc) is 3.14. The van der Waals surface area contributed by atoms with E-state index < -0.39 is 0 Å². The van der Waals surface area contributed by atoms with E-state index in [2.05, 4.69) is 27.4 Å².